The zero-order valence-corrected chi connectivity index (χ0v) is 6.85. The van der Waals surface area contributed by atoms with Crippen LogP contribution in [0.25, 0.3) is 4.85 Å². The lowest BCUT2D eigenvalue weighted by Crippen LogP contribution is -2.32. The maximum atomic E-state index is 7.05. The van der Waals surface area contributed by atoms with E-state index >= 15 is 0 Å². The van der Waals surface area contributed by atoms with Crippen LogP contribution in [-0.2, 0) is 0 Å². The first-order chi connectivity index (χ1) is 4.69. The maximum Gasteiger partial charge on any atom is 0.232 e. The van der Waals surface area contributed by atoms with Crippen molar-refractivity contribution >= 4 is 0 Å². The average molecular weight is 137 g/mol. The second-order valence-electron chi connectivity index (χ2n) is 3.62. The summed E-state index contributed by atoms with van der Waals surface area (Å²) in [7, 11) is 0. The molecule has 1 aliphatic rings. The van der Waals surface area contributed by atoms with Gasteiger partial charge >= 0.3 is 0 Å². The average Bonchev–Trinajstić information content (AvgIpc) is 1.96. The number of hydrogen-bond donors (Lipinski definition) is 0. The fourth-order valence-electron chi connectivity index (χ4n) is 1.66. The molecule has 1 aliphatic carbocycles. The van der Waals surface area contributed by atoms with Gasteiger partial charge in [-0.05, 0) is 12.8 Å². The van der Waals surface area contributed by atoms with Crippen LogP contribution >= 0.6 is 0 Å². The van der Waals surface area contributed by atoms with Gasteiger partial charge in [0.05, 0.1) is 0 Å². The van der Waals surface area contributed by atoms with Crippen LogP contribution in [-0.4, -0.2) is 5.54 Å². The molecule has 56 valence electrons. The second kappa shape index (κ2) is 2.62. The number of rotatable bonds is 0. The van der Waals surface area contributed by atoms with Crippen molar-refractivity contribution in [1.82, 2.24) is 0 Å². The first-order valence-electron chi connectivity index (χ1n) is 4.08. The van der Waals surface area contributed by atoms with Gasteiger partial charge in [-0.2, -0.15) is 0 Å². The van der Waals surface area contributed by atoms with E-state index in [-0.39, 0.29) is 5.54 Å². The molecular weight excluding hydrogens is 122 g/mol. The van der Waals surface area contributed by atoms with E-state index in [1.54, 1.807) is 0 Å². The molecule has 0 saturated heterocycles. The van der Waals surface area contributed by atoms with Gasteiger partial charge in [-0.25, -0.2) is 6.57 Å². The smallest absolute Gasteiger partial charge is 0.232 e. The fraction of sp³-hybridized carbons (Fsp3) is 0.889. The van der Waals surface area contributed by atoms with Gasteiger partial charge in [0.15, 0.2) is 0 Å². The highest BCUT2D eigenvalue weighted by molar-refractivity contribution is 5.00. The minimum Gasteiger partial charge on any atom is -0.310 e. The Balaban J connectivity index is 2.65. The van der Waals surface area contributed by atoms with E-state index < -0.39 is 0 Å². The van der Waals surface area contributed by atoms with Crippen molar-refractivity contribution in [2.75, 3.05) is 0 Å². The van der Waals surface area contributed by atoms with Crippen molar-refractivity contribution in [3.8, 4) is 0 Å². The molecule has 0 N–H and O–H groups in total. The highest BCUT2D eigenvalue weighted by Crippen LogP contribution is 2.36. The van der Waals surface area contributed by atoms with Gasteiger partial charge in [0.1, 0.15) is 0 Å². The standard InChI is InChI=1S/C9H15N/c1-8-6-4-5-7-9(8,2)10-3/h8H,4-7H2,1-2H3. The van der Waals surface area contributed by atoms with Crippen molar-refractivity contribution in [2.24, 2.45) is 5.92 Å². The predicted molar refractivity (Wildman–Crippen MR) is 42.6 cm³/mol. The van der Waals surface area contributed by atoms with Gasteiger partial charge in [-0.3, -0.25) is 0 Å². The molecule has 2 unspecified atom stereocenters. The Morgan fingerprint density at radius 1 is 1.50 bits per heavy atom. The van der Waals surface area contributed by atoms with Crippen molar-refractivity contribution in [3.05, 3.63) is 11.4 Å². The highest BCUT2D eigenvalue weighted by atomic mass is 14.8. The van der Waals surface area contributed by atoms with Crippen LogP contribution in [0.1, 0.15) is 39.5 Å². The predicted octanol–water partition coefficient (Wildman–Crippen LogP) is 2.87. The Morgan fingerprint density at radius 3 is 2.60 bits per heavy atom. The molecule has 0 aliphatic heterocycles. The Morgan fingerprint density at radius 2 is 2.20 bits per heavy atom. The molecule has 0 heterocycles. The summed E-state index contributed by atoms with van der Waals surface area (Å²) in [5, 5.41) is 0. The molecular formula is C9H15N. The molecule has 0 radical (unpaired) electrons. The van der Waals surface area contributed by atoms with Crippen LogP contribution in [0.3, 0.4) is 0 Å². The van der Waals surface area contributed by atoms with E-state index in [2.05, 4.69) is 18.7 Å². The summed E-state index contributed by atoms with van der Waals surface area (Å²) in [5.74, 6) is 0.610. The minimum atomic E-state index is -0.0295. The quantitative estimate of drug-likeness (QED) is 0.452. The fourth-order valence-corrected chi connectivity index (χ4v) is 1.66. The SMILES string of the molecule is [C-]#[N+]C1(C)CCCCC1C. The van der Waals surface area contributed by atoms with Gasteiger partial charge in [0.25, 0.3) is 0 Å². The summed E-state index contributed by atoms with van der Waals surface area (Å²) in [4.78, 5) is 3.71. The van der Waals surface area contributed by atoms with Crippen LogP contribution in [0.15, 0.2) is 0 Å². The van der Waals surface area contributed by atoms with Crippen LogP contribution in [0.2, 0.25) is 0 Å². The lowest BCUT2D eigenvalue weighted by molar-refractivity contribution is 0.268. The maximum absolute atomic E-state index is 7.05. The summed E-state index contributed by atoms with van der Waals surface area (Å²) in [6.07, 6.45) is 4.94. The summed E-state index contributed by atoms with van der Waals surface area (Å²) in [6, 6.07) is 0. The molecule has 1 fully saturated rings. The van der Waals surface area contributed by atoms with Gasteiger partial charge in [0.2, 0.25) is 5.54 Å². The summed E-state index contributed by atoms with van der Waals surface area (Å²) < 4.78 is 0. The molecule has 1 rings (SSSR count). The van der Waals surface area contributed by atoms with E-state index in [1.807, 2.05) is 0 Å². The molecule has 0 aromatic carbocycles. The van der Waals surface area contributed by atoms with Crippen molar-refractivity contribution < 1.29 is 0 Å². The van der Waals surface area contributed by atoms with Crippen molar-refractivity contribution in [3.63, 3.8) is 0 Å². The topological polar surface area (TPSA) is 4.36 Å². The Bertz CT molecular complexity index is 157. The zero-order chi connectivity index (χ0) is 7.61. The Hall–Kier alpha value is -0.510. The molecule has 1 saturated carbocycles. The van der Waals surface area contributed by atoms with Gasteiger partial charge in [-0.1, -0.05) is 13.3 Å². The van der Waals surface area contributed by atoms with E-state index in [1.165, 1.54) is 19.3 Å². The van der Waals surface area contributed by atoms with E-state index in [0.29, 0.717) is 5.92 Å². The van der Waals surface area contributed by atoms with Crippen molar-refractivity contribution in [1.29, 1.82) is 0 Å². The van der Waals surface area contributed by atoms with Crippen LogP contribution in [0, 0.1) is 12.5 Å². The number of nitrogens with zero attached hydrogens (tertiary/aromatic N) is 1. The first-order valence-corrected chi connectivity index (χ1v) is 4.08. The third-order valence-corrected chi connectivity index (χ3v) is 2.89. The Labute approximate surface area is 63.3 Å². The molecule has 0 aromatic heterocycles. The molecule has 2 atom stereocenters. The molecule has 1 heteroatoms. The highest BCUT2D eigenvalue weighted by Gasteiger charge is 2.39. The van der Waals surface area contributed by atoms with E-state index in [0.717, 1.165) is 6.42 Å². The molecule has 0 bridgehead atoms. The normalized spacial score (nSPS) is 40.7. The van der Waals surface area contributed by atoms with Crippen LogP contribution in [0.4, 0.5) is 0 Å². The molecule has 1 nitrogen and oxygen atoms in total. The summed E-state index contributed by atoms with van der Waals surface area (Å²) >= 11 is 0. The van der Waals surface area contributed by atoms with Crippen LogP contribution < -0.4 is 0 Å². The number of hydrogen-bond acceptors (Lipinski definition) is 0. The first kappa shape index (κ1) is 7.60. The van der Waals surface area contributed by atoms with E-state index in [4.69, 9.17) is 6.57 Å². The van der Waals surface area contributed by atoms with E-state index in [9.17, 15) is 0 Å². The lowest BCUT2D eigenvalue weighted by Gasteiger charge is -2.28. The van der Waals surface area contributed by atoms with Gasteiger partial charge in [-0.15, -0.1) is 0 Å². The third kappa shape index (κ3) is 1.16. The molecule has 0 aromatic rings. The van der Waals surface area contributed by atoms with Gasteiger partial charge < -0.3 is 4.85 Å². The second-order valence-corrected chi connectivity index (χ2v) is 3.62. The van der Waals surface area contributed by atoms with Gasteiger partial charge in [0, 0.05) is 19.3 Å². The summed E-state index contributed by atoms with van der Waals surface area (Å²) in [6.45, 7) is 11.4. The largest absolute Gasteiger partial charge is 0.310 e. The third-order valence-electron chi connectivity index (χ3n) is 2.89. The molecule has 0 amide bonds. The summed E-state index contributed by atoms with van der Waals surface area (Å²) in [5.41, 5.74) is -0.0295. The Kier molecular flexibility index (Phi) is 1.99. The lowest BCUT2D eigenvalue weighted by atomic mass is 9.76. The van der Waals surface area contributed by atoms with Crippen molar-refractivity contribution in [2.45, 2.75) is 45.1 Å². The zero-order valence-electron chi connectivity index (χ0n) is 6.85. The molecule has 10 heavy (non-hydrogen) atoms. The minimum absolute atomic E-state index is 0.0295. The van der Waals surface area contributed by atoms with Crippen LogP contribution in [0.5, 0.6) is 0 Å². The monoisotopic (exact) mass is 137 g/mol. The molecule has 0 spiro atoms.